The van der Waals surface area contributed by atoms with Crippen molar-refractivity contribution >= 4 is 50.0 Å². The number of hydrogen-bond acceptors (Lipinski definition) is 5. The van der Waals surface area contributed by atoms with Crippen LogP contribution >= 0.6 is 23.2 Å². The first-order chi connectivity index (χ1) is 12.9. The van der Waals surface area contributed by atoms with Gasteiger partial charge in [0.1, 0.15) is 11.2 Å². The van der Waals surface area contributed by atoms with Gasteiger partial charge in [-0.05, 0) is 31.4 Å². The Balaban J connectivity index is 1.92. The van der Waals surface area contributed by atoms with Crippen molar-refractivity contribution in [2.75, 3.05) is 13.2 Å². The van der Waals surface area contributed by atoms with Crippen LogP contribution in [0.3, 0.4) is 0 Å². The molecule has 0 saturated carbocycles. The van der Waals surface area contributed by atoms with Crippen LogP contribution in [0.4, 0.5) is 0 Å². The highest BCUT2D eigenvalue weighted by Crippen LogP contribution is 2.32. The number of unbranched alkanes of at least 4 members (excludes halogenated alkanes) is 1. The molecule has 1 aromatic carbocycles. The van der Waals surface area contributed by atoms with Crippen molar-refractivity contribution in [3.8, 4) is 0 Å². The minimum atomic E-state index is -3.88. The van der Waals surface area contributed by atoms with Crippen LogP contribution < -0.4 is 0 Å². The molecular formula is C18H20Cl2N2O4S. The molecule has 0 N–H and O–H groups in total. The molecule has 2 heterocycles. The van der Waals surface area contributed by atoms with Gasteiger partial charge >= 0.3 is 5.97 Å². The Morgan fingerprint density at radius 3 is 2.85 bits per heavy atom. The molecule has 146 valence electrons. The summed E-state index contributed by atoms with van der Waals surface area (Å²) in [5.41, 5.74) is 0. The number of carbonyl (C=O) groups is 1. The lowest BCUT2D eigenvalue weighted by atomic mass is 10.2. The number of ether oxygens (including phenoxy) is 1. The van der Waals surface area contributed by atoms with Crippen molar-refractivity contribution < 1.29 is 17.9 Å². The smallest absolute Gasteiger partial charge is 0.324 e. The maximum Gasteiger partial charge on any atom is 0.324 e. The second-order valence-electron chi connectivity index (χ2n) is 6.40. The predicted octanol–water partition coefficient (Wildman–Crippen LogP) is 4.04. The van der Waals surface area contributed by atoms with Gasteiger partial charge in [0.05, 0.1) is 16.5 Å². The van der Waals surface area contributed by atoms with Crippen molar-refractivity contribution in [3.63, 3.8) is 0 Å². The summed E-state index contributed by atoms with van der Waals surface area (Å²) in [6, 6.07) is 3.72. The Bertz CT molecular complexity index is 965. The molecule has 0 unspecified atom stereocenters. The molecule has 0 aliphatic carbocycles. The van der Waals surface area contributed by atoms with Crippen molar-refractivity contribution in [1.82, 2.24) is 9.29 Å². The molecule has 0 amide bonds. The van der Waals surface area contributed by atoms with Gasteiger partial charge in [-0.1, -0.05) is 42.6 Å². The number of halogens is 2. The number of rotatable bonds is 6. The molecule has 0 spiro atoms. The van der Waals surface area contributed by atoms with Crippen LogP contribution in [0, 0.1) is 0 Å². The summed E-state index contributed by atoms with van der Waals surface area (Å²) in [5.74, 6) is -0.493. The average Bonchev–Trinajstić information content (AvgIpc) is 3.15. The number of aromatic nitrogens is 1. The van der Waals surface area contributed by atoms with E-state index in [4.69, 9.17) is 27.9 Å². The minimum absolute atomic E-state index is 0.0502. The van der Waals surface area contributed by atoms with Crippen LogP contribution in [-0.4, -0.2) is 42.9 Å². The van der Waals surface area contributed by atoms with Crippen LogP contribution in [0.1, 0.15) is 32.6 Å². The summed E-state index contributed by atoms with van der Waals surface area (Å²) in [7, 11) is -3.88. The molecule has 1 saturated heterocycles. The van der Waals surface area contributed by atoms with Gasteiger partial charge in [-0.2, -0.15) is 4.31 Å². The zero-order valence-electron chi connectivity index (χ0n) is 14.8. The molecule has 2 aromatic rings. The molecule has 1 atom stereocenters. The van der Waals surface area contributed by atoms with E-state index < -0.39 is 22.0 Å². The first kappa shape index (κ1) is 20.3. The van der Waals surface area contributed by atoms with E-state index in [9.17, 15) is 13.2 Å². The molecule has 1 aliphatic heterocycles. The third kappa shape index (κ3) is 4.06. The van der Waals surface area contributed by atoms with Crippen LogP contribution in [0.15, 0.2) is 29.3 Å². The number of fused-ring (bicyclic) bond motifs is 1. The number of carbonyl (C=O) groups excluding carboxylic acids is 1. The number of pyridine rings is 1. The normalized spacial score (nSPS) is 18.1. The molecule has 27 heavy (non-hydrogen) atoms. The van der Waals surface area contributed by atoms with Gasteiger partial charge in [-0.3, -0.25) is 4.79 Å². The third-order valence-electron chi connectivity index (χ3n) is 4.59. The first-order valence-electron chi connectivity index (χ1n) is 8.78. The SMILES string of the molecule is CCCCOC(=O)[C@H]1CCCN1S(=O)(=O)c1ccc2c(Cl)cnc(Cl)c2c1. The zero-order valence-corrected chi connectivity index (χ0v) is 17.1. The first-order valence-corrected chi connectivity index (χ1v) is 11.0. The summed E-state index contributed by atoms with van der Waals surface area (Å²) in [6.07, 6.45) is 4.13. The number of benzene rings is 1. The van der Waals surface area contributed by atoms with Gasteiger partial charge in [0.2, 0.25) is 10.0 Å². The van der Waals surface area contributed by atoms with Gasteiger partial charge in [0, 0.05) is 23.5 Å². The lowest BCUT2D eigenvalue weighted by Gasteiger charge is -2.23. The number of hydrogen-bond donors (Lipinski definition) is 0. The highest BCUT2D eigenvalue weighted by molar-refractivity contribution is 7.89. The highest BCUT2D eigenvalue weighted by atomic mass is 35.5. The van der Waals surface area contributed by atoms with E-state index in [2.05, 4.69) is 4.98 Å². The average molecular weight is 431 g/mol. The maximum atomic E-state index is 13.1. The molecule has 1 aliphatic rings. The van der Waals surface area contributed by atoms with E-state index in [1.165, 1.54) is 22.6 Å². The second-order valence-corrected chi connectivity index (χ2v) is 9.05. The summed E-state index contributed by atoms with van der Waals surface area (Å²) in [4.78, 5) is 16.4. The highest BCUT2D eigenvalue weighted by Gasteiger charge is 2.40. The Morgan fingerprint density at radius 2 is 2.11 bits per heavy atom. The summed E-state index contributed by atoms with van der Waals surface area (Å²) >= 11 is 12.2. The molecule has 3 rings (SSSR count). The van der Waals surface area contributed by atoms with Gasteiger partial charge < -0.3 is 4.74 Å². The standard InChI is InChI=1S/C18H20Cl2N2O4S/c1-2-3-9-26-18(23)16-5-4-8-22(16)27(24,25)12-6-7-13-14(10-12)17(20)21-11-15(13)19/h6-7,10-11,16H,2-5,8-9H2,1H3/t16-/m1/s1. The molecule has 6 nitrogen and oxygen atoms in total. The van der Waals surface area contributed by atoms with Gasteiger partial charge in [0.25, 0.3) is 0 Å². The van der Waals surface area contributed by atoms with Crippen LogP contribution in [0.5, 0.6) is 0 Å². The summed E-state index contributed by atoms with van der Waals surface area (Å²) in [5, 5.41) is 1.62. The molecule has 1 aromatic heterocycles. The predicted molar refractivity (Wildman–Crippen MR) is 105 cm³/mol. The molecule has 0 radical (unpaired) electrons. The van der Waals surface area contributed by atoms with Crippen molar-refractivity contribution in [3.05, 3.63) is 34.6 Å². The van der Waals surface area contributed by atoms with Crippen LogP contribution in [0.2, 0.25) is 10.2 Å². The monoisotopic (exact) mass is 430 g/mol. The van der Waals surface area contributed by atoms with Gasteiger partial charge in [-0.15, -0.1) is 0 Å². The summed E-state index contributed by atoms with van der Waals surface area (Å²) < 4.78 is 32.7. The maximum absolute atomic E-state index is 13.1. The van der Waals surface area contributed by atoms with Gasteiger partial charge in [0.15, 0.2) is 0 Å². The van der Waals surface area contributed by atoms with Crippen molar-refractivity contribution in [2.45, 2.75) is 43.5 Å². The van der Waals surface area contributed by atoms with E-state index >= 15 is 0 Å². The lowest BCUT2D eigenvalue weighted by molar-refractivity contribution is -0.147. The minimum Gasteiger partial charge on any atom is -0.464 e. The van der Waals surface area contributed by atoms with Crippen LogP contribution in [-0.2, 0) is 19.6 Å². The fourth-order valence-electron chi connectivity index (χ4n) is 3.13. The molecular weight excluding hydrogens is 411 g/mol. The fraction of sp³-hybridized carbons (Fsp3) is 0.444. The fourth-order valence-corrected chi connectivity index (χ4v) is 5.22. The molecule has 1 fully saturated rings. The number of sulfonamides is 1. The van der Waals surface area contributed by atoms with E-state index in [1.54, 1.807) is 6.07 Å². The largest absolute Gasteiger partial charge is 0.464 e. The Morgan fingerprint density at radius 1 is 1.33 bits per heavy atom. The number of nitrogens with zero attached hydrogens (tertiary/aromatic N) is 2. The third-order valence-corrected chi connectivity index (χ3v) is 7.09. The topological polar surface area (TPSA) is 76.6 Å². The van der Waals surface area contributed by atoms with E-state index in [0.29, 0.717) is 35.2 Å². The lowest BCUT2D eigenvalue weighted by Crippen LogP contribution is -2.41. The Kier molecular flexibility index (Phi) is 6.25. The van der Waals surface area contributed by atoms with Crippen molar-refractivity contribution in [1.29, 1.82) is 0 Å². The number of esters is 1. The van der Waals surface area contributed by atoms with Gasteiger partial charge in [-0.25, -0.2) is 13.4 Å². The van der Waals surface area contributed by atoms with Crippen molar-refractivity contribution in [2.24, 2.45) is 0 Å². The Labute approximate surface area is 168 Å². The zero-order chi connectivity index (χ0) is 19.6. The molecule has 9 heteroatoms. The van der Waals surface area contributed by atoms with E-state index in [-0.39, 0.29) is 16.6 Å². The molecule has 0 bridgehead atoms. The second kappa shape index (κ2) is 8.31. The quantitative estimate of drug-likeness (QED) is 0.392. The Hall–Kier alpha value is -1.41. The van der Waals surface area contributed by atoms with E-state index in [1.807, 2.05) is 6.92 Å². The summed E-state index contributed by atoms with van der Waals surface area (Å²) in [6.45, 7) is 2.57. The van der Waals surface area contributed by atoms with E-state index in [0.717, 1.165) is 12.8 Å². The van der Waals surface area contributed by atoms with Crippen LogP contribution in [0.25, 0.3) is 10.8 Å².